The fourth-order valence-corrected chi connectivity index (χ4v) is 1.22. The lowest BCUT2D eigenvalue weighted by atomic mass is 10.0. The summed E-state index contributed by atoms with van der Waals surface area (Å²) in [4.78, 5) is 11.7. The molecule has 3 heteroatoms. The zero-order chi connectivity index (χ0) is 10.6. The third kappa shape index (κ3) is 2.33. The van der Waals surface area contributed by atoms with Gasteiger partial charge in [-0.25, -0.2) is 0 Å². The number of rotatable bonds is 4. The van der Waals surface area contributed by atoms with Crippen LogP contribution in [0.25, 0.3) is 0 Å². The van der Waals surface area contributed by atoms with E-state index in [1.807, 2.05) is 30.3 Å². The van der Waals surface area contributed by atoms with Gasteiger partial charge in [0.1, 0.15) is 0 Å². The van der Waals surface area contributed by atoms with Crippen molar-refractivity contribution >= 4 is 6.41 Å². The Morgan fingerprint density at radius 2 is 1.93 bits per heavy atom. The molecule has 0 heterocycles. The minimum absolute atomic E-state index is 0.269. The molecule has 1 rings (SSSR count). The SMILES string of the molecule is CC(C(O)c1ccccc1)N(C)[C]=O. The van der Waals surface area contributed by atoms with Crippen LogP contribution in [0.2, 0.25) is 0 Å². The maximum atomic E-state index is 10.4. The maximum Gasteiger partial charge on any atom is 0.312 e. The van der Waals surface area contributed by atoms with E-state index in [1.165, 1.54) is 4.90 Å². The quantitative estimate of drug-likeness (QED) is 0.726. The molecule has 0 spiro atoms. The Bertz CT molecular complexity index is 287. The van der Waals surface area contributed by atoms with Gasteiger partial charge in [-0.3, -0.25) is 4.79 Å². The molecule has 1 amide bonds. The van der Waals surface area contributed by atoms with Gasteiger partial charge in [0, 0.05) is 7.05 Å². The molecule has 0 fully saturated rings. The van der Waals surface area contributed by atoms with Crippen LogP contribution in [0.5, 0.6) is 0 Å². The van der Waals surface area contributed by atoms with Crippen LogP contribution in [0.15, 0.2) is 30.3 Å². The average molecular weight is 192 g/mol. The van der Waals surface area contributed by atoms with Crippen molar-refractivity contribution in [3.63, 3.8) is 0 Å². The molecule has 75 valence electrons. The summed E-state index contributed by atoms with van der Waals surface area (Å²) in [6.45, 7) is 1.78. The molecule has 1 aromatic rings. The van der Waals surface area contributed by atoms with Crippen LogP contribution in [0, 0.1) is 0 Å². The molecule has 1 N–H and O–H groups in total. The highest BCUT2D eigenvalue weighted by Gasteiger charge is 2.19. The number of likely N-dealkylation sites (N-methyl/N-ethyl adjacent to an activating group) is 1. The van der Waals surface area contributed by atoms with E-state index in [2.05, 4.69) is 0 Å². The van der Waals surface area contributed by atoms with E-state index in [4.69, 9.17) is 0 Å². The van der Waals surface area contributed by atoms with E-state index in [1.54, 1.807) is 20.4 Å². The lowest BCUT2D eigenvalue weighted by Gasteiger charge is -2.24. The van der Waals surface area contributed by atoms with Crippen molar-refractivity contribution in [2.75, 3.05) is 7.05 Å². The Morgan fingerprint density at radius 3 is 2.43 bits per heavy atom. The number of aliphatic hydroxyl groups is 1. The highest BCUT2D eigenvalue weighted by atomic mass is 16.3. The standard InChI is InChI=1S/C11H14NO2/c1-9(12(2)8-13)11(14)10-6-4-3-5-7-10/h3-7,9,11,14H,1-2H3. The minimum Gasteiger partial charge on any atom is -0.386 e. The third-order valence-electron chi connectivity index (χ3n) is 2.35. The number of nitrogens with zero attached hydrogens (tertiary/aromatic N) is 1. The maximum absolute atomic E-state index is 10.4. The second kappa shape index (κ2) is 4.77. The molecule has 0 bridgehead atoms. The predicted molar refractivity (Wildman–Crippen MR) is 54.3 cm³/mol. The zero-order valence-corrected chi connectivity index (χ0v) is 8.34. The highest BCUT2D eigenvalue weighted by Crippen LogP contribution is 2.18. The van der Waals surface area contributed by atoms with Crippen molar-refractivity contribution in [2.24, 2.45) is 0 Å². The number of hydrogen-bond donors (Lipinski definition) is 1. The van der Waals surface area contributed by atoms with E-state index < -0.39 is 6.10 Å². The van der Waals surface area contributed by atoms with Crippen LogP contribution in [-0.4, -0.2) is 29.5 Å². The second-order valence-electron chi connectivity index (χ2n) is 3.30. The minimum atomic E-state index is -0.664. The normalized spacial score (nSPS) is 14.5. The molecule has 0 aliphatic heterocycles. The van der Waals surface area contributed by atoms with Crippen LogP contribution in [0.4, 0.5) is 0 Å². The largest absolute Gasteiger partial charge is 0.386 e. The Morgan fingerprint density at radius 1 is 1.36 bits per heavy atom. The fraction of sp³-hybridized carbons (Fsp3) is 0.364. The molecule has 3 nitrogen and oxygen atoms in total. The summed E-state index contributed by atoms with van der Waals surface area (Å²) in [7, 11) is 1.60. The van der Waals surface area contributed by atoms with Crippen LogP contribution in [0.1, 0.15) is 18.6 Å². The average Bonchev–Trinajstić information content (AvgIpc) is 2.27. The van der Waals surface area contributed by atoms with Gasteiger partial charge < -0.3 is 10.0 Å². The Balaban J connectivity index is 2.75. The Kier molecular flexibility index (Phi) is 3.65. The molecular weight excluding hydrogens is 178 g/mol. The van der Waals surface area contributed by atoms with Gasteiger partial charge in [0.05, 0.1) is 12.1 Å². The van der Waals surface area contributed by atoms with E-state index >= 15 is 0 Å². The molecule has 2 unspecified atom stereocenters. The van der Waals surface area contributed by atoms with Gasteiger partial charge in [-0.1, -0.05) is 30.3 Å². The van der Waals surface area contributed by atoms with Crippen molar-refractivity contribution in [1.82, 2.24) is 4.90 Å². The van der Waals surface area contributed by atoms with Gasteiger partial charge >= 0.3 is 6.41 Å². The lowest BCUT2D eigenvalue weighted by molar-refractivity contribution is 0.102. The molecule has 0 aliphatic rings. The molecular formula is C11H14NO2. The monoisotopic (exact) mass is 192 g/mol. The molecule has 1 radical (unpaired) electrons. The van der Waals surface area contributed by atoms with Crippen molar-refractivity contribution in [2.45, 2.75) is 19.1 Å². The lowest BCUT2D eigenvalue weighted by Crippen LogP contribution is -2.33. The van der Waals surface area contributed by atoms with Gasteiger partial charge in [-0.05, 0) is 12.5 Å². The van der Waals surface area contributed by atoms with Crippen molar-refractivity contribution in [3.8, 4) is 0 Å². The van der Waals surface area contributed by atoms with Crippen LogP contribution in [0.3, 0.4) is 0 Å². The van der Waals surface area contributed by atoms with Crippen molar-refractivity contribution in [3.05, 3.63) is 35.9 Å². The molecule has 14 heavy (non-hydrogen) atoms. The summed E-state index contributed by atoms with van der Waals surface area (Å²) >= 11 is 0. The first-order valence-electron chi connectivity index (χ1n) is 4.50. The van der Waals surface area contributed by atoms with Gasteiger partial charge in [-0.2, -0.15) is 0 Å². The molecule has 0 aliphatic carbocycles. The third-order valence-corrected chi connectivity index (χ3v) is 2.35. The Hall–Kier alpha value is -1.35. The molecule has 0 saturated carbocycles. The summed E-state index contributed by atoms with van der Waals surface area (Å²) in [5.74, 6) is 0. The number of hydrogen-bond acceptors (Lipinski definition) is 2. The topological polar surface area (TPSA) is 40.5 Å². The first-order valence-corrected chi connectivity index (χ1v) is 4.50. The van der Waals surface area contributed by atoms with Crippen LogP contribution < -0.4 is 0 Å². The smallest absolute Gasteiger partial charge is 0.312 e. The Labute approximate surface area is 84.0 Å². The van der Waals surface area contributed by atoms with Crippen molar-refractivity contribution < 1.29 is 9.90 Å². The summed E-state index contributed by atoms with van der Waals surface area (Å²) in [6, 6.07) is 9.00. The van der Waals surface area contributed by atoms with E-state index in [0.717, 1.165) is 5.56 Å². The highest BCUT2D eigenvalue weighted by molar-refractivity contribution is 5.48. The number of benzene rings is 1. The molecule has 0 aromatic heterocycles. The zero-order valence-electron chi connectivity index (χ0n) is 8.34. The van der Waals surface area contributed by atoms with Crippen LogP contribution >= 0.6 is 0 Å². The molecule has 2 atom stereocenters. The first-order chi connectivity index (χ1) is 6.66. The molecule has 0 saturated heterocycles. The van der Waals surface area contributed by atoms with Crippen LogP contribution in [-0.2, 0) is 4.79 Å². The van der Waals surface area contributed by atoms with E-state index in [9.17, 15) is 9.90 Å². The van der Waals surface area contributed by atoms with Crippen molar-refractivity contribution in [1.29, 1.82) is 0 Å². The second-order valence-corrected chi connectivity index (χ2v) is 3.30. The predicted octanol–water partition coefficient (Wildman–Crippen LogP) is 1.11. The first kappa shape index (κ1) is 10.7. The summed E-state index contributed by atoms with van der Waals surface area (Å²) in [5.41, 5.74) is 0.808. The summed E-state index contributed by atoms with van der Waals surface area (Å²) < 4.78 is 0. The summed E-state index contributed by atoms with van der Waals surface area (Å²) in [5, 5.41) is 9.87. The van der Waals surface area contributed by atoms with E-state index in [-0.39, 0.29) is 6.04 Å². The molecule has 1 aromatic carbocycles. The summed E-state index contributed by atoms with van der Waals surface area (Å²) in [6.07, 6.45) is 1.07. The number of carbonyl (C=O) groups excluding carboxylic acids is 1. The number of amides is 1. The van der Waals surface area contributed by atoms with Gasteiger partial charge in [0.15, 0.2) is 0 Å². The fourth-order valence-electron chi connectivity index (χ4n) is 1.22. The van der Waals surface area contributed by atoms with Gasteiger partial charge in [0.2, 0.25) is 0 Å². The van der Waals surface area contributed by atoms with E-state index in [0.29, 0.717) is 0 Å². The number of aliphatic hydroxyl groups excluding tert-OH is 1. The van der Waals surface area contributed by atoms with Gasteiger partial charge in [-0.15, -0.1) is 0 Å². The van der Waals surface area contributed by atoms with Gasteiger partial charge in [0.25, 0.3) is 0 Å².